The van der Waals surface area contributed by atoms with Crippen molar-refractivity contribution in [1.82, 2.24) is 5.32 Å². The molecule has 2 rings (SSSR count). The molecule has 0 aliphatic heterocycles. The lowest BCUT2D eigenvalue weighted by Gasteiger charge is -2.14. The van der Waals surface area contributed by atoms with Crippen LogP contribution in [0.25, 0.3) is 0 Å². The molecule has 0 unspecified atom stereocenters. The van der Waals surface area contributed by atoms with Crippen molar-refractivity contribution in [3.8, 4) is 5.75 Å². The monoisotopic (exact) mass is 281 g/mol. The zero-order valence-electron chi connectivity index (χ0n) is 12.0. The normalized spacial score (nSPS) is 15.9. The van der Waals surface area contributed by atoms with E-state index in [1.807, 2.05) is 26.0 Å². The van der Waals surface area contributed by atoms with Crippen LogP contribution in [0.1, 0.15) is 43.2 Å². The van der Waals surface area contributed by atoms with E-state index in [9.17, 15) is 0 Å². The van der Waals surface area contributed by atoms with Crippen molar-refractivity contribution in [3.05, 3.63) is 28.3 Å². The summed E-state index contributed by atoms with van der Waals surface area (Å²) in [5.41, 5.74) is 2.24. The molecule has 1 aliphatic carbocycles. The van der Waals surface area contributed by atoms with Gasteiger partial charge in [0.05, 0.1) is 6.61 Å². The van der Waals surface area contributed by atoms with Gasteiger partial charge in [-0.2, -0.15) is 0 Å². The molecule has 0 bridgehead atoms. The highest BCUT2D eigenvalue weighted by molar-refractivity contribution is 6.30. The molecular weight excluding hydrogens is 258 g/mol. The Morgan fingerprint density at radius 2 is 1.84 bits per heavy atom. The maximum absolute atomic E-state index is 6.01. The third-order valence-electron chi connectivity index (χ3n) is 3.78. The Morgan fingerprint density at radius 1 is 1.21 bits per heavy atom. The molecule has 1 N–H and O–H groups in total. The standard InChI is InChI=1S/C16H24ClNO/c1-12-10-14(17)11-13(2)16(12)19-9-5-8-18-15-6-3-4-7-15/h10-11,15,18H,3-9H2,1-2H3. The quantitative estimate of drug-likeness (QED) is 0.787. The predicted molar refractivity (Wildman–Crippen MR) is 81.3 cm³/mol. The highest BCUT2D eigenvalue weighted by atomic mass is 35.5. The topological polar surface area (TPSA) is 21.3 Å². The van der Waals surface area contributed by atoms with Crippen LogP contribution < -0.4 is 10.1 Å². The first-order valence-corrected chi connectivity index (χ1v) is 7.67. The molecule has 19 heavy (non-hydrogen) atoms. The Balaban J connectivity index is 1.70. The molecule has 1 aromatic rings. The number of benzene rings is 1. The smallest absolute Gasteiger partial charge is 0.125 e. The number of hydrogen-bond acceptors (Lipinski definition) is 2. The number of rotatable bonds is 6. The molecule has 106 valence electrons. The Hall–Kier alpha value is -0.730. The minimum Gasteiger partial charge on any atom is -0.493 e. The Morgan fingerprint density at radius 3 is 2.47 bits per heavy atom. The SMILES string of the molecule is Cc1cc(Cl)cc(C)c1OCCCNC1CCCC1. The molecule has 0 saturated heterocycles. The lowest BCUT2D eigenvalue weighted by atomic mass is 10.1. The van der Waals surface area contributed by atoms with Crippen LogP contribution in [0.2, 0.25) is 5.02 Å². The molecule has 0 amide bonds. The van der Waals surface area contributed by atoms with Crippen LogP contribution in [0.3, 0.4) is 0 Å². The van der Waals surface area contributed by atoms with Crippen LogP contribution in [0, 0.1) is 13.8 Å². The van der Waals surface area contributed by atoms with Gasteiger partial charge < -0.3 is 10.1 Å². The van der Waals surface area contributed by atoms with Crippen molar-refractivity contribution < 1.29 is 4.74 Å². The summed E-state index contributed by atoms with van der Waals surface area (Å²) < 4.78 is 5.89. The van der Waals surface area contributed by atoms with Crippen molar-refractivity contribution in [2.75, 3.05) is 13.2 Å². The highest BCUT2D eigenvalue weighted by Crippen LogP contribution is 2.27. The molecule has 0 atom stereocenters. The molecule has 3 heteroatoms. The molecule has 0 aromatic heterocycles. The molecule has 0 radical (unpaired) electrons. The van der Waals surface area contributed by atoms with Crippen LogP contribution in [0.5, 0.6) is 5.75 Å². The Kier molecular flexibility index (Phi) is 5.53. The molecule has 0 heterocycles. The molecule has 2 nitrogen and oxygen atoms in total. The fourth-order valence-electron chi connectivity index (χ4n) is 2.81. The van der Waals surface area contributed by atoms with E-state index in [0.29, 0.717) is 0 Å². The molecule has 1 aliphatic rings. The second kappa shape index (κ2) is 7.16. The molecule has 1 aromatic carbocycles. The number of ether oxygens (including phenoxy) is 1. The van der Waals surface area contributed by atoms with E-state index >= 15 is 0 Å². The van der Waals surface area contributed by atoms with Gasteiger partial charge in [-0.3, -0.25) is 0 Å². The summed E-state index contributed by atoms with van der Waals surface area (Å²) in [6.07, 6.45) is 6.51. The minimum absolute atomic E-state index is 0.749. The second-order valence-electron chi connectivity index (χ2n) is 5.51. The molecule has 1 saturated carbocycles. The van der Waals surface area contributed by atoms with Gasteiger partial charge in [0.25, 0.3) is 0 Å². The van der Waals surface area contributed by atoms with E-state index < -0.39 is 0 Å². The Bertz CT molecular complexity index is 390. The first kappa shape index (κ1) is 14.7. The van der Waals surface area contributed by atoms with Crippen LogP contribution in [-0.2, 0) is 0 Å². The third kappa shape index (κ3) is 4.39. The first-order chi connectivity index (χ1) is 9.16. The van der Waals surface area contributed by atoms with E-state index in [0.717, 1.165) is 47.5 Å². The van der Waals surface area contributed by atoms with Crippen molar-refractivity contribution in [2.24, 2.45) is 0 Å². The lowest BCUT2D eigenvalue weighted by Crippen LogP contribution is -2.27. The summed E-state index contributed by atoms with van der Waals surface area (Å²) in [5.74, 6) is 0.991. The van der Waals surface area contributed by atoms with Crippen LogP contribution in [-0.4, -0.2) is 19.2 Å². The first-order valence-electron chi connectivity index (χ1n) is 7.30. The van der Waals surface area contributed by atoms with Crippen LogP contribution in [0.4, 0.5) is 0 Å². The summed E-state index contributed by atoms with van der Waals surface area (Å²) in [5, 5.41) is 4.39. The Labute approximate surface area is 121 Å². The van der Waals surface area contributed by atoms with Crippen molar-refractivity contribution in [1.29, 1.82) is 0 Å². The summed E-state index contributed by atoms with van der Waals surface area (Å²) in [6.45, 7) is 5.91. The third-order valence-corrected chi connectivity index (χ3v) is 4.00. The van der Waals surface area contributed by atoms with Gasteiger partial charge in [-0.1, -0.05) is 24.4 Å². The van der Waals surface area contributed by atoms with E-state index in [2.05, 4.69) is 5.32 Å². The maximum atomic E-state index is 6.01. The van der Waals surface area contributed by atoms with E-state index in [1.165, 1.54) is 25.7 Å². The second-order valence-corrected chi connectivity index (χ2v) is 5.94. The van der Waals surface area contributed by atoms with Gasteiger partial charge in [0.2, 0.25) is 0 Å². The van der Waals surface area contributed by atoms with Crippen LogP contribution in [0.15, 0.2) is 12.1 Å². The van der Waals surface area contributed by atoms with Crippen molar-refractivity contribution in [2.45, 2.75) is 52.0 Å². The van der Waals surface area contributed by atoms with Crippen LogP contribution >= 0.6 is 11.6 Å². The van der Waals surface area contributed by atoms with Crippen molar-refractivity contribution in [3.63, 3.8) is 0 Å². The minimum atomic E-state index is 0.749. The number of hydrogen-bond donors (Lipinski definition) is 1. The average molecular weight is 282 g/mol. The fourth-order valence-corrected chi connectivity index (χ4v) is 3.13. The average Bonchev–Trinajstić information content (AvgIpc) is 2.84. The van der Waals surface area contributed by atoms with Crippen molar-refractivity contribution >= 4 is 11.6 Å². The molecular formula is C16H24ClNO. The summed E-state index contributed by atoms with van der Waals surface area (Å²) in [4.78, 5) is 0. The van der Waals surface area contributed by atoms with E-state index in [1.54, 1.807) is 0 Å². The fraction of sp³-hybridized carbons (Fsp3) is 0.625. The number of halogens is 1. The van der Waals surface area contributed by atoms with Gasteiger partial charge in [0.1, 0.15) is 5.75 Å². The molecule has 1 fully saturated rings. The van der Waals surface area contributed by atoms with Gasteiger partial charge in [-0.05, 0) is 62.9 Å². The maximum Gasteiger partial charge on any atom is 0.125 e. The molecule has 0 spiro atoms. The van der Waals surface area contributed by atoms with Gasteiger partial charge in [0.15, 0.2) is 0 Å². The number of aryl methyl sites for hydroxylation is 2. The largest absolute Gasteiger partial charge is 0.493 e. The highest BCUT2D eigenvalue weighted by Gasteiger charge is 2.13. The van der Waals surface area contributed by atoms with Gasteiger partial charge in [-0.25, -0.2) is 0 Å². The lowest BCUT2D eigenvalue weighted by molar-refractivity contribution is 0.301. The zero-order chi connectivity index (χ0) is 13.7. The van der Waals surface area contributed by atoms with E-state index in [-0.39, 0.29) is 0 Å². The summed E-state index contributed by atoms with van der Waals surface area (Å²) >= 11 is 6.01. The van der Waals surface area contributed by atoms with Gasteiger partial charge in [-0.15, -0.1) is 0 Å². The summed E-state index contributed by atoms with van der Waals surface area (Å²) in [7, 11) is 0. The summed E-state index contributed by atoms with van der Waals surface area (Å²) in [6, 6.07) is 4.67. The van der Waals surface area contributed by atoms with Gasteiger partial charge >= 0.3 is 0 Å². The van der Waals surface area contributed by atoms with Gasteiger partial charge in [0, 0.05) is 11.1 Å². The predicted octanol–water partition coefficient (Wildman–Crippen LogP) is 4.26. The number of nitrogens with one attached hydrogen (secondary N) is 1. The zero-order valence-corrected chi connectivity index (χ0v) is 12.7. The van der Waals surface area contributed by atoms with E-state index in [4.69, 9.17) is 16.3 Å².